The largest absolute Gasteiger partial charge is 0.289 e. The molecule has 0 atom stereocenters. The number of para-hydroxylation sites is 1. The summed E-state index contributed by atoms with van der Waals surface area (Å²) in [5.74, 6) is -0.487. The van der Waals surface area contributed by atoms with Gasteiger partial charge in [-0.2, -0.15) is 0 Å². The molecule has 0 radical (unpaired) electrons. The summed E-state index contributed by atoms with van der Waals surface area (Å²) in [5.41, 5.74) is 3.20. The first kappa shape index (κ1) is 21.7. The maximum atomic E-state index is 14.2. The number of carbonyl (C=O) groups is 1. The second-order valence-corrected chi connectivity index (χ2v) is 8.29. The minimum atomic E-state index is -0.386. The van der Waals surface area contributed by atoms with E-state index >= 15 is 0 Å². The second kappa shape index (κ2) is 9.42. The highest BCUT2D eigenvalue weighted by Crippen LogP contribution is 2.25. The number of carbonyl (C=O) groups excluding carboxylic acids is 1. The molecule has 0 saturated carbocycles. The number of nitrogens with zero attached hydrogens (tertiary/aromatic N) is 1. The Morgan fingerprint density at radius 1 is 0.794 bits per heavy atom. The molecule has 1 aromatic heterocycles. The molecule has 0 amide bonds. The molecule has 164 valence electrons. The Morgan fingerprint density at radius 2 is 1.59 bits per heavy atom. The van der Waals surface area contributed by atoms with Crippen molar-refractivity contribution in [3.63, 3.8) is 0 Å². The van der Waals surface area contributed by atoms with E-state index in [1.165, 1.54) is 12.1 Å². The zero-order valence-corrected chi connectivity index (χ0v) is 18.8. The van der Waals surface area contributed by atoms with Crippen LogP contribution in [-0.4, -0.2) is 10.8 Å². The average Bonchev–Trinajstić information content (AvgIpc) is 2.86. The van der Waals surface area contributed by atoms with Gasteiger partial charge in [-0.3, -0.25) is 4.79 Å². The standard InChI is InChI=1S/C30H19ClFNO/c31-27-9-5-10-28(32)26(27)16-14-22-19-24(33-29-11-4-3-8-25(22)29)15-17-30(34)23-13-12-20-6-1-2-7-21(20)18-23/h1-19H/b16-14+,17-15+. The molecular formula is C30H19ClFNO. The molecule has 1 heterocycles. The van der Waals surface area contributed by atoms with Gasteiger partial charge in [-0.15, -0.1) is 0 Å². The number of halogens is 2. The van der Waals surface area contributed by atoms with E-state index in [1.54, 1.807) is 24.3 Å². The van der Waals surface area contributed by atoms with E-state index < -0.39 is 0 Å². The Hall–Kier alpha value is -4.08. The van der Waals surface area contributed by atoms with Crippen molar-refractivity contribution in [3.8, 4) is 0 Å². The minimum absolute atomic E-state index is 0.101. The number of aromatic nitrogens is 1. The van der Waals surface area contributed by atoms with Crippen molar-refractivity contribution in [1.82, 2.24) is 4.98 Å². The van der Waals surface area contributed by atoms with Gasteiger partial charge in [-0.1, -0.05) is 78.3 Å². The summed E-state index contributed by atoms with van der Waals surface area (Å²) in [6.07, 6.45) is 6.71. The van der Waals surface area contributed by atoms with E-state index in [2.05, 4.69) is 4.98 Å². The fourth-order valence-electron chi connectivity index (χ4n) is 3.89. The van der Waals surface area contributed by atoms with Gasteiger partial charge < -0.3 is 0 Å². The zero-order chi connectivity index (χ0) is 23.5. The topological polar surface area (TPSA) is 30.0 Å². The Morgan fingerprint density at radius 3 is 2.44 bits per heavy atom. The number of ketones is 1. The van der Waals surface area contributed by atoms with Crippen molar-refractivity contribution in [1.29, 1.82) is 0 Å². The van der Waals surface area contributed by atoms with Crippen LogP contribution >= 0.6 is 11.6 Å². The van der Waals surface area contributed by atoms with Crippen LogP contribution in [0.4, 0.5) is 4.39 Å². The van der Waals surface area contributed by atoms with Crippen molar-refractivity contribution in [2.24, 2.45) is 0 Å². The van der Waals surface area contributed by atoms with Gasteiger partial charge >= 0.3 is 0 Å². The smallest absolute Gasteiger partial charge is 0.185 e. The van der Waals surface area contributed by atoms with Crippen LogP contribution in [0, 0.1) is 5.82 Å². The summed E-state index contributed by atoms with van der Waals surface area (Å²) in [4.78, 5) is 17.5. The summed E-state index contributed by atoms with van der Waals surface area (Å²) in [6.45, 7) is 0. The van der Waals surface area contributed by atoms with Crippen LogP contribution in [0.5, 0.6) is 0 Å². The fraction of sp³-hybridized carbons (Fsp3) is 0. The van der Waals surface area contributed by atoms with Crippen molar-refractivity contribution in [2.45, 2.75) is 0 Å². The van der Waals surface area contributed by atoms with Gasteiger partial charge in [0.25, 0.3) is 0 Å². The molecular weight excluding hydrogens is 445 g/mol. The van der Waals surface area contributed by atoms with E-state index in [0.29, 0.717) is 21.8 Å². The number of allylic oxidation sites excluding steroid dienone is 1. The molecule has 4 heteroatoms. The average molecular weight is 464 g/mol. The van der Waals surface area contributed by atoms with Crippen molar-refractivity contribution in [3.05, 3.63) is 130 Å². The van der Waals surface area contributed by atoms with E-state index in [-0.39, 0.29) is 11.6 Å². The van der Waals surface area contributed by atoms with Crippen LogP contribution < -0.4 is 0 Å². The van der Waals surface area contributed by atoms with Gasteiger partial charge in [-0.25, -0.2) is 9.37 Å². The summed E-state index contributed by atoms with van der Waals surface area (Å²) in [7, 11) is 0. The quantitative estimate of drug-likeness (QED) is 0.194. The first-order valence-corrected chi connectivity index (χ1v) is 11.2. The van der Waals surface area contributed by atoms with Gasteiger partial charge in [0.15, 0.2) is 5.78 Å². The normalized spacial score (nSPS) is 11.7. The van der Waals surface area contributed by atoms with Crippen LogP contribution in [0.25, 0.3) is 39.9 Å². The predicted molar refractivity (Wildman–Crippen MR) is 139 cm³/mol. The first-order chi connectivity index (χ1) is 16.6. The predicted octanol–water partition coefficient (Wildman–Crippen LogP) is 8.25. The van der Waals surface area contributed by atoms with Gasteiger partial charge in [0.2, 0.25) is 0 Å². The van der Waals surface area contributed by atoms with E-state index in [9.17, 15) is 9.18 Å². The van der Waals surface area contributed by atoms with Crippen molar-refractivity contribution in [2.75, 3.05) is 0 Å². The molecule has 4 aromatic carbocycles. The number of fused-ring (bicyclic) bond motifs is 2. The van der Waals surface area contributed by atoms with Crippen molar-refractivity contribution < 1.29 is 9.18 Å². The molecule has 0 bridgehead atoms. The Labute approximate surface area is 201 Å². The Kier molecular flexibility index (Phi) is 6.03. The van der Waals surface area contributed by atoms with Crippen LogP contribution in [0.2, 0.25) is 5.02 Å². The second-order valence-electron chi connectivity index (χ2n) is 7.88. The SMILES string of the molecule is O=C(/C=C/c1cc(/C=C/c2c(F)cccc2Cl)c2ccccc2n1)c1ccc2ccccc2c1. The number of rotatable bonds is 5. The first-order valence-electron chi connectivity index (χ1n) is 10.8. The van der Waals surface area contributed by atoms with E-state index in [0.717, 1.165) is 27.2 Å². The Balaban J connectivity index is 1.49. The van der Waals surface area contributed by atoms with Gasteiger partial charge in [-0.05, 0) is 64.9 Å². The van der Waals surface area contributed by atoms with Gasteiger partial charge in [0.05, 0.1) is 16.2 Å². The molecule has 5 aromatic rings. The highest BCUT2D eigenvalue weighted by Gasteiger charge is 2.07. The number of hydrogen-bond donors (Lipinski definition) is 0. The summed E-state index contributed by atoms with van der Waals surface area (Å²) in [5, 5.41) is 3.37. The van der Waals surface area contributed by atoms with Crippen LogP contribution in [0.1, 0.15) is 27.2 Å². The van der Waals surface area contributed by atoms with E-state index in [4.69, 9.17) is 11.6 Å². The molecule has 2 nitrogen and oxygen atoms in total. The van der Waals surface area contributed by atoms with Gasteiger partial charge in [0, 0.05) is 16.5 Å². The molecule has 0 fully saturated rings. The number of pyridine rings is 1. The highest BCUT2D eigenvalue weighted by atomic mass is 35.5. The minimum Gasteiger partial charge on any atom is -0.289 e. The molecule has 0 spiro atoms. The van der Waals surface area contributed by atoms with E-state index in [1.807, 2.05) is 78.9 Å². The monoisotopic (exact) mass is 463 g/mol. The van der Waals surface area contributed by atoms with Crippen LogP contribution in [0.15, 0.2) is 97.1 Å². The molecule has 0 N–H and O–H groups in total. The highest BCUT2D eigenvalue weighted by molar-refractivity contribution is 6.32. The Bertz CT molecular complexity index is 1580. The molecule has 0 aliphatic rings. The lowest BCUT2D eigenvalue weighted by molar-refractivity contribution is 0.104. The maximum absolute atomic E-state index is 14.2. The lowest BCUT2D eigenvalue weighted by Crippen LogP contribution is -1.94. The lowest BCUT2D eigenvalue weighted by atomic mass is 10.0. The molecule has 5 rings (SSSR count). The van der Waals surface area contributed by atoms with Gasteiger partial charge in [0.1, 0.15) is 5.82 Å². The van der Waals surface area contributed by atoms with Crippen LogP contribution in [0.3, 0.4) is 0 Å². The lowest BCUT2D eigenvalue weighted by Gasteiger charge is -2.05. The third-order valence-corrected chi connectivity index (χ3v) is 5.97. The molecule has 0 aliphatic heterocycles. The summed E-state index contributed by atoms with van der Waals surface area (Å²) >= 11 is 6.17. The zero-order valence-electron chi connectivity index (χ0n) is 18.1. The fourth-order valence-corrected chi connectivity index (χ4v) is 4.12. The molecule has 0 saturated heterocycles. The third kappa shape index (κ3) is 4.52. The molecule has 34 heavy (non-hydrogen) atoms. The summed E-state index contributed by atoms with van der Waals surface area (Å²) < 4.78 is 14.2. The van der Waals surface area contributed by atoms with Crippen LogP contribution in [-0.2, 0) is 0 Å². The number of benzene rings is 4. The number of hydrogen-bond acceptors (Lipinski definition) is 2. The maximum Gasteiger partial charge on any atom is 0.185 e. The molecule has 0 unspecified atom stereocenters. The third-order valence-electron chi connectivity index (χ3n) is 5.64. The summed E-state index contributed by atoms with van der Waals surface area (Å²) in [6, 6.07) is 27.8. The molecule has 0 aliphatic carbocycles. The van der Waals surface area contributed by atoms with Crippen molar-refractivity contribution >= 4 is 57.3 Å².